The van der Waals surface area contributed by atoms with E-state index in [2.05, 4.69) is 231 Å². The van der Waals surface area contributed by atoms with Crippen molar-refractivity contribution >= 4 is 126 Å². The van der Waals surface area contributed by atoms with Crippen LogP contribution in [0.1, 0.15) is 0 Å². The molecule has 0 saturated carbocycles. The number of hydrogen-bond acceptors (Lipinski definition) is 14. The summed E-state index contributed by atoms with van der Waals surface area (Å²) in [7, 11) is 0. The summed E-state index contributed by atoms with van der Waals surface area (Å²) < 4.78 is 8.92. The van der Waals surface area contributed by atoms with E-state index in [-0.39, 0.29) is 0 Å². The van der Waals surface area contributed by atoms with Gasteiger partial charge in [0.05, 0.1) is 31.8 Å². The van der Waals surface area contributed by atoms with E-state index < -0.39 is 0 Å². The molecule has 106 heavy (non-hydrogen) atoms. The SMILES string of the molecule is c1ccc(-c2nc(-c3ccccc3)nc(-c3cccc4sc5c(-c6nc(-c7ccc(-c8ccc(-c9cccc(-c%10nc(-c%11ccccc%11)nc(-c%11cccc%12sc%13c(-c%14nc(-c%15ccccc%15)c%15sc%16ccccc%16c%15n%14)cccc%13c%11%12)n%10)c9)cc8)cc7)c7sc8ccccc8c7n6)cccc5c34)n2)cc1. The van der Waals surface area contributed by atoms with Crippen LogP contribution < -0.4 is 0 Å². The van der Waals surface area contributed by atoms with Crippen molar-refractivity contribution < 1.29 is 0 Å². The first kappa shape index (κ1) is 61.6. The van der Waals surface area contributed by atoms with Crippen molar-refractivity contribution in [3.05, 3.63) is 315 Å². The molecule has 21 aromatic rings. The Balaban J connectivity index is 0.611. The molecule has 0 fully saturated rings. The molecule has 13 aromatic carbocycles. The van der Waals surface area contributed by atoms with Gasteiger partial charge in [-0.05, 0) is 64.7 Å². The fraction of sp³-hybridized carbons (Fsp3) is 0. The normalized spacial score (nSPS) is 11.8. The van der Waals surface area contributed by atoms with Crippen LogP contribution in [-0.4, -0.2) is 49.8 Å². The summed E-state index contributed by atoms with van der Waals surface area (Å²) in [6.07, 6.45) is 0. The maximum Gasteiger partial charge on any atom is 0.164 e. The molecule has 0 spiro atoms. The maximum absolute atomic E-state index is 5.56. The number of aromatic nitrogens is 10. The zero-order valence-corrected chi connectivity index (χ0v) is 59.4. The lowest BCUT2D eigenvalue weighted by Gasteiger charge is -2.11. The van der Waals surface area contributed by atoms with Crippen LogP contribution in [-0.2, 0) is 0 Å². The minimum atomic E-state index is 0.584. The van der Waals surface area contributed by atoms with Crippen LogP contribution in [0.3, 0.4) is 0 Å². The molecule has 0 atom stereocenters. The minimum absolute atomic E-state index is 0.584. The lowest BCUT2D eigenvalue weighted by atomic mass is 9.98. The molecule has 0 radical (unpaired) electrons. The van der Waals surface area contributed by atoms with Gasteiger partial charge in [0.2, 0.25) is 0 Å². The van der Waals surface area contributed by atoms with E-state index in [1.807, 2.05) is 84.9 Å². The van der Waals surface area contributed by atoms with Crippen LogP contribution in [0.25, 0.3) is 217 Å². The van der Waals surface area contributed by atoms with Gasteiger partial charge in [-0.15, -0.1) is 45.3 Å². The van der Waals surface area contributed by atoms with E-state index in [0.717, 1.165) is 166 Å². The third-order valence-electron chi connectivity index (χ3n) is 19.7. The summed E-state index contributed by atoms with van der Waals surface area (Å²) >= 11 is 6.98. The van der Waals surface area contributed by atoms with Crippen molar-refractivity contribution in [2.24, 2.45) is 0 Å². The molecule has 0 amide bonds. The Morgan fingerprint density at radius 3 is 0.915 bits per heavy atom. The smallest absolute Gasteiger partial charge is 0.164 e. The Hall–Kier alpha value is -13.1. The Labute approximate surface area is 622 Å². The second kappa shape index (κ2) is 25.4. The van der Waals surface area contributed by atoms with Gasteiger partial charge in [-0.3, -0.25) is 0 Å². The van der Waals surface area contributed by atoms with Crippen molar-refractivity contribution in [3.8, 4) is 136 Å². The van der Waals surface area contributed by atoms with Crippen LogP contribution in [0.5, 0.6) is 0 Å². The molecular weight excluding hydrogens is 1370 g/mol. The van der Waals surface area contributed by atoms with Gasteiger partial charge < -0.3 is 0 Å². The molecule has 14 heteroatoms. The van der Waals surface area contributed by atoms with Crippen LogP contribution in [0.15, 0.2) is 315 Å². The van der Waals surface area contributed by atoms with Crippen molar-refractivity contribution in [2.75, 3.05) is 0 Å². The van der Waals surface area contributed by atoms with Gasteiger partial charge in [0.25, 0.3) is 0 Å². The topological polar surface area (TPSA) is 129 Å². The number of hydrogen-bond donors (Lipinski definition) is 0. The number of nitrogens with zero attached hydrogens (tertiary/aromatic N) is 10. The van der Waals surface area contributed by atoms with Gasteiger partial charge in [0.1, 0.15) is 0 Å². The Morgan fingerprint density at radius 2 is 0.462 bits per heavy atom. The molecule has 0 aliphatic rings. The molecule has 494 valence electrons. The van der Waals surface area contributed by atoms with E-state index in [1.165, 1.54) is 4.70 Å². The molecule has 0 unspecified atom stereocenters. The zero-order valence-electron chi connectivity index (χ0n) is 56.1. The van der Waals surface area contributed by atoms with Crippen LogP contribution in [0.4, 0.5) is 0 Å². The van der Waals surface area contributed by atoms with E-state index in [1.54, 1.807) is 45.3 Å². The molecule has 0 aliphatic carbocycles. The van der Waals surface area contributed by atoms with Crippen molar-refractivity contribution in [1.29, 1.82) is 0 Å². The third-order valence-corrected chi connectivity index (χ3v) is 24.4. The first-order valence-corrected chi connectivity index (χ1v) is 38.1. The fourth-order valence-corrected chi connectivity index (χ4v) is 19.4. The van der Waals surface area contributed by atoms with E-state index in [4.69, 9.17) is 49.8 Å². The van der Waals surface area contributed by atoms with Gasteiger partial charge >= 0.3 is 0 Å². The van der Waals surface area contributed by atoms with Crippen LogP contribution >= 0.6 is 45.3 Å². The van der Waals surface area contributed by atoms with Gasteiger partial charge in [0.15, 0.2) is 46.6 Å². The highest BCUT2D eigenvalue weighted by molar-refractivity contribution is 7.27. The Morgan fingerprint density at radius 1 is 0.170 bits per heavy atom. The molecule has 0 aliphatic heterocycles. The summed E-state index contributed by atoms with van der Waals surface area (Å²) in [5.74, 6) is 5.00. The molecule has 0 saturated heterocycles. The third kappa shape index (κ3) is 10.6. The molecule has 21 rings (SSSR count). The minimum Gasteiger partial charge on any atom is -0.226 e. The second-order valence-corrected chi connectivity index (χ2v) is 30.3. The molecule has 8 heterocycles. The summed E-state index contributed by atoms with van der Waals surface area (Å²) in [5.41, 5.74) is 17.6. The standard InChI is InChI=1S/C92H52N10S4/c1-5-22-56(23-6-1)77-83-79(63-32-13-15-40-71(63)103-83)95-91(93-77)69-38-18-35-66-76-68(37-21-43-74(76)106-81(66)69)90-101-87(60-28-11-4-12-29-60)98-88(102-90)62-31-17-30-61(52-62)55-46-44-53(45-47-55)54-48-50-57(51-49-54)78-84-80(64-33-14-16-41-72(64)104-84)96-92(94-78)70-39-19-34-65-75-67(36-20-42-73(75)105-82(65)70)89-99-85(58-24-7-2-8-25-58)97-86(100-89)59-26-9-3-10-27-59/h1-52H. The van der Waals surface area contributed by atoms with Gasteiger partial charge in [0, 0.05) is 116 Å². The van der Waals surface area contributed by atoms with Gasteiger partial charge in [-0.2, -0.15) is 0 Å². The quantitative estimate of drug-likeness (QED) is 0.117. The largest absolute Gasteiger partial charge is 0.226 e. The average Bonchev–Trinajstić information content (AvgIpc) is 1.58. The Kier molecular flexibility index (Phi) is 14.8. The number of benzene rings is 13. The first-order chi connectivity index (χ1) is 52.5. The molecule has 10 nitrogen and oxygen atoms in total. The number of fused-ring (bicyclic) bond motifs is 12. The van der Waals surface area contributed by atoms with E-state index in [0.29, 0.717) is 46.6 Å². The molecule has 0 N–H and O–H groups in total. The van der Waals surface area contributed by atoms with Crippen LogP contribution in [0, 0.1) is 0 Å². The summed E-state index contributed by atoms with van der Waals surface area (Å²) in [4.78, 5) is 53.1. The summed E-state index contributed by atoms with van der Waals surface area (Å²) in [5, 5.41) is 6.58. The predicted molar refractivity (Wildman–Crippen MR) is 441 cm³/mol. The predicted octanol–water partition coefficient (Wildman–Crippen LogP) is 25.1. The molecule has 8 aromatic heterocycles. The summed E-state index contributed by atoms with van der Waals surface area (Å²) in [6, 6.07) is 110. The monoisotopic (exact) mass is 1420 g/mol. The Bertz CT molecular complexity index is 7000. The van der Waals surface area contributed by atoms with E-state index in [9.17, 15) is 0 Å². The maximum atomic E-state index is 5.56. The second-order valence-electron chi connectivity index (χ2n) is 26.1. The van der Waals surface area contributed by atoms with Crippen molar-refractivity contribution in [2.45, 2.75) is 0 Å². The zero-order chi connectivity index (χ0) is 69.8. The first-order valence-electron chi connectivity index (χ1n) is 34.8. The van der Waals surface area contributed by atoms with Crippen LogP contribution in [0.2, 0.25) is 0 Å². The number of thiophene rings is 4. The molecular formula is C92H52N10S4. The highest BCUT2D eigenvalue weighted by Crippen LogP contribution is 2.49. The molecule has 0 bridgehead atoms. The summed E-state index contributed by atoms with van der Waals surface area (Å²) in [6.45, 7) is 0. The lowest BCUT2D eigenvalue weighted by Crippen LogP contribution is -2.00. The van der Waals surface area contributed by atoms with Crippen molar-refractivity contribution in [1.82, 2.24) is 49.8 Å². The van der Waals surface area contributed by atoms with Gasteiger partial charge in [-0.25, -0.2) is 49.8 Å². The van der Waals surface area contributed by atoms with E-state index >= 15 is 0 Å². The highest BCUT2D eigenvalue weighted by atomic mass is 32.1. The van der Waals surface area contributed by atoms with Crippen molar-refractivity contribution in [3.63, 3.8) is 0 Å². The van der Waals surface area contributed by atoms with Gasteiger partial charge in [-0.1, -0.05) is 273 Å². The average molecular weight is 1430 g/mol. The highest BCUT2D eigenvalue weighted by Gasteiger charge is 2.25. The fourth-order valence-electron chi connectivity index (χ4n) is 14.6. The number of rotatable bonds is 12. The lowest BCUT2D eigenvalue weighted by molar-refractivity contribution is 1.08.